The number of aromatic nitrogens is 3. The van der Waals surface area contributed by atoms with E-state index in [0.29, 0.717) is 31.4 Å². The second-order valence-corrected chi connectivity index (χ2v) is 4.99. The van der Waals surface area contributed by atoms with Crippen molar-refractivity contribution in [3.8, 4) is 0 Å². The van der Waals surface area contributed by atoms with Crippen molar-refractivity contribution < 1.29 is 5.11 Å². The quantitative estimate of drug-likeness (QED) is 0.616. The number of hydrogen-bond donors (Lipinski definition) is 3. The Morgan fingerprint density at radius 1 is 1.18 bits per heavy atom. The van der Waals surface area contributed by atoms with Crippen LogP contribution in [0.25, 0.3) is 0 Å². The van der Waals surface area contributed by atoms with E-state index in [-0.39, 0.29) is 11.9 Å². The van der Waals surface area contributed by atoms with Crippen molar-refractivity contribution in [3.05, 3.63) is 5.82 Å². The maximum atomic E-state index is 10.2. The van der Waals surface area contributed by atoms with Crippen LogP contribution in [0.4, 0.5) is 11.9 Å². The summed E-state index contributed by atoms with van der Waals surface area (Å²) < 4.78 is 0. The molecule has 1 aromatic heterocycles. The lowest BCUT2D eigenvalue weighted by molar-refractivity contribution is -0.117. The van der Waals surface area contributed by atoms with Crippen LogP contribution >= 0.6 is 0 Å². The number of likely N-dealkylation sites (tertiary alicyclic amines) is 1. The van der Waals surface area contributed by atoms with Gasteiger partial charge in [0.2, 0.25) is 11.9 Å². The molecule has 0 aromatic carbocycles. The molecule has 0 radical (unpaired) electrons. The Morgan fingerprint density at radius 3 is 2.29 bits per heavy atom. The van der Waals surface area contributed by atoms with Crippen LogP contribution in [0.3, 0.4) is 0 Å². The smallest absolute Gasteiger partial charge is 0.225 e. The Labute approximate surface area is 98.9 Å². The molecule has 1 aliphatic carbocycles. The molecular formula is C10H16N6O. The molecule has 0 atom stereocenters. The van der Waals surface area contributed by atoms with Crippen LogP contribution in [-0.4, -0.2) is 43.6 Å². The highest BCUT2D eigenvalue weighted by Gasteiger charge is 2.51. The van der Waals surface area contributed by atoms with Crippen molar-refractivity contribution in [2.75, 3.05) is 24.6 Å². The summed E-state index contributed by atoms with van der Waals surface area (Å²) in [5.41, 5.74) is 10.5. The van der Waals surface area contributed by atoms with Crippen molar-refractivity contribution in [1.82, 2.24) is 19.9 Å². The zero-order chi connectivity index (χ0) is 12.0. The summed E-state index contributed by atoms with van der Waals surface area (Å²) in [6, 6.07) is 0. The van der Waals surface area contributed by atoms with Crippen LogP contribution in [0.1, 0.15) is 18.7 Å². The third-order valence-electron chi connectivity index (χ3n) is 3.41. The molecule has 0 unspecified atom stereocenters. The summed E-state index contributed by atoms with van der Waals surface area (Å²) in [5.74, 6) is 1.34. The van der Waals surface area contributed by atoms with Gasteiger partial charge in [0.05, 0.1) is 12.1 Å². The molecule has 1 aliphatic heterocycles. The van der Waals surface area contributed by atoms with Gasteiger partial charge in [-0.15, -0.1) is 0 Å². The van der Waals surface area contributed by atoms with Crippen molar-refractivity contribution in [2.45, 2.75) is 25.0 Å². The molecule has 7 nitrogen and oxygen atoms in total. The minimum absolute atomic E-state index is 0.144. The lowest BCUT2D eigenvalue weighted by atomic mass is 9.89. The summed E-state index contributed by atoms with van der Waals surface area (Å²) in [7, 11) is 0. The Kier molecular flexibility index (Phi) is 2.20. The SMILES string of the molecule is Nc1nc(N)nc(CN2CC(O)(C3CC3)C2)n1. The average Bonchev–Trinajstić information content (AvgIpc) is 2.95. The number of anilines is 2. The maximum absolute atomic E-state index is 10.2. The highest BCUT2D eigenvalue weighted by atomic mass is 16.3. The summed E-state index contributed by atoms with van der Waals surface area (Å²) >= 11 is 0. The Balaban J connectivity index is 1.61. The van der Waals surface area contributed by atoms with Crippen LogP contribution in [0.5, 0.6) is 0 Å². The van der Waals surface area contributed by atoms with Gasteiger partial charge in [-0.3, -0.25) is 4.90 Å². The fraction of sp³-hybridized carbons (Fsp3) is 0.700. The van der Waals surface area contributed by atoms with Gasteiger partial charge in [-0.1, -0.05) is 0 Å². The molecule has 1 saturated carbocycles. The van der Waals surface area contributed by atoms with Gasteiger partial charge < -0.3 is 16.6 Å². The molecule has 0 amide bonds. The predicted molar refractivity (Wildman–Crippen MR) is 61.6 cm³/mol. The van der Waals surface area contributed by atoms with E-state index in [1.54, 1.807) is 0 Å². The van der Waals surface area contributed by atoms with Crippen molar-refractivity contribution >= 4 is 11.9 Å². The monoisotopic (exact) mass is 236 g/mol. The number of nitrogens with zero attached hydrogens (tertiary/aromatic N) is 4. The van der Waals surface area contributed by atoms with Crippen LogP contribution in [0, 0.1) is 5.92 Å². The Bertz CT molecular complexity index is 420. The van der Waals surface area contributed by atoms with Gasteiger partial charge in [-0.25, -0.2) is 0 Å². The molecule has 3 rings (SSSR count). The van der Waals surface area contributed by atoms with Crippen LogP contribution in [0.15, 0.2) is 0 Å². The average molecular weight is 236 g/mol. The highest BCUT2D eigenvalue weighted by Crippen LogP contribution is 2.44. The number of nitrogens with two attached hydrogens (primary N) is 2. The van der Waals surface area contributed by atoms with Crippen molar-refractivity contribution in [3.63, 3.8) is 0 Å². The largest absolute Gasteiger partial charge is 0.387 e. The fourth-order valence-electron chi connectivity index (χ4n) is 2.45. The standard InChI is InChI=1S/C10H16N6O/c11-8-13-7(14-9(12)15-8)3-16-4-10(17,5-16)6-1-2-6/h6,17H,1-5H2,(H4,11,12,13,14,15). The van der Waals surface area contributed by atoms with E-state index >= 15 is 0 Å². The van der Waals surface area contributed by atoms with Crippen LogP contribution in [0.2, 0.25) is 0 Å². The van der Waals surface area contributed by atoms with Gasteiger partial charge >= 0.3 is 0 Å². The van der Waals surface area contributed by atoms with Gasteiger partial charge in [-0.2, -0.15) is 15.0 Å². The van der Waals surface area contributed by atoms with Gasteiger partial charge in [0.25, 0.3) is 0 Å². The first-order valence-corrected chi connectivity index (χ1v) is 5.76. The topological polar surface area (TPSA) is 114 Å². The van der Waals surface area contributed by atoms with Gasteiger partial charge in [0, 0.05) is 13.1 Å². The number of rotatable bonds is 3. The van der Waals surface area contributed by atoms with Crippen molar-refractivity contribution in [1.29, 1.82) is 0 Å². The maximum Gasteiger partial charge on any atom is 0.225 e. The lowest BCUT2D eigenvalue weighted by Crippen LogP contribution is -2.62. The molecule has 92 valence electrons. The van der Waals surface area contributed by atoms with Gasteiger partial charge in [-0.05, 0) is 18.8 Å². The predicted octanol–water partition coefficient (Wildman–Crippen LogP) is -1.01. The van der Waals surface area contributed by atoms with E-state index in [9.17, 15) is 5.11 Å². The summed E-state index contributed by atoms with van der Waals surface area (Å²) in [6.45, 7) is 1.93. The Morgan fingerprint density at radius 2 is 1.76 bits per heavy atom. The first-order chi connectivity index (χ1) is 8.05. The van der Waals surface area contributed by atoms with E-state index in [1.165, 1.54) is 0 Å². The summed E-state index contributed by atoms with van der Waals surface area (Å²) in [6.07, 6.45) is 2.30. The Hall–Kier alpha value is -1.47. The summed E-state index contributed by atoms with van der Waals surface area (Å²) in [5, 5.41) is 10.2. The molecule has 2 fully saturated rings. The van der Waals surface area contributed by atoms with E-state index in [1.807, 2.05) is 0 Å². The minimum atomic E-state index is -0.482. The number of hydrogen-bond acceptors (Lipinski definition) is 7. The number of aliphatic hydroxyl groups is 1. The van der Waals surface area contributed by atoms with E-state index < -0.39 is 5.60 Å². The lowest BCUT2D eigenvalue weighted by Gasteiger charge is -2.46. The zero-order valence-electron chi connectivity index (χ0n) is 9.50. The molecule has 1 aromatic rings. The number of β-amino-alcohol motifs (C(OH)–C–C–N with tert-alkyl or cyclic N) is 1. The molecule has 7 heteroatoms. The van der Waals surface area contributed by atoms with Gasteiger partial charge in [0.1, 0.15) is 5.82 Å². The zero-order valence-corrected chi connectivity index (χ0v) is 9.50. The third-order valence-corrected chi connectivity index (χ3v) is 3.41. The van der Waals surface area contributed by atoms with E-state index in [4.69, 9.17) is 11.5 Å². The molecule has 0 bridgehead atoms. The molecule has 0 spiro atoms. The normalized spacial score (nSPS) is 23.4. The molecule has 2 heterocycles. The number of nitrogen functional groups attached to an aromatic ring is 2. The first-order valence-electron chi connectivity index (χ1n) is 5.76. The van der Waals surface area contributed by atoms with Crippen LogP contribution in [-0.2, 0) is 6.54 Å². The van der Waals surface area contributed by atoms with E-state index in [2.05, 4.69) is 19.9 Å². The molecule has 5 N–H and O–H groups in total. The molecule has 1 saturated heterocycles. The second kappa shape index (κ2) is 3.51. The van der Waals surface area contributed by atoms with Gasteiger partial charge in [0.15, 0.2) is 0 Å². The fourth-order valence-corrected chi connectivity index (χ4v) is 2.45. The van der Waals surface area contributed by atoms with Crippen molar-refractivity contribution in [2.24, 2.45) is 5.92 Å². The minimum Gasteiger partial charge on any atom is -0.387 e. The van der Waals surface area contributed by atoms with Crippen LogP contribution < -0.4 is 11.5 Å². The molecule has 2 aliphatic rings. The highest BCUT2D eigenvalue weighted by molar-refractivity contribution is 5.25. The molecule has 17 heavy (non-hydrogen) atoms. The molecular weight excluding hydrogens is 220 g/mol. The van der Waals surface area contributed by atoms with E-state index in [0.717, 1.165) is 12.8 Å². The second-order valence-electron chi connectivity index (χ2n) is 4.99. The summed E-state index contributed by atoms with van der Waals surface area (Å²) in [4.78, 5) is 13.8. The first kappa shape index (κ1) is 10.7. The third kappa shape index (κ3) is 2.03.